The molecule has 2 heterocycles. The largest absolute Gasteiger partial charge is 0.389 e. The number of carbonyl (C=O) groups is 5. The number of nitrogens with one attached hydrogen (secondary N) is 3. The lowest BCUT2D eigenvalue weighted by Crippen LogP contribution is -2.65. The number of fused-ring (bicyclic) bond motifs is 1. The Hall–Kier alpha value is -2.91. The number of rotatable bonds is 10. The number of Topliss-reactive ketones (excluding diaryl/α,β-unsaturated/α-hetero) is 1. The molecule has 12 nitrogen and oxygen atoms in total. The van der Waals surface area contributed by atoms with E-state index >= 15 is 0 Å². The van der Waals surface area contributed by atoms with Crippen LogP contribution in [0.5, 0.6) is 0 Å². The summed E-state index contributed by atoms with van der Waals surface area (Å²) in [6.45, 7) is 9.10. The molecule has 2 saturated heterocycles. The monoisotopic (exact) mass is 691 g/mol. The number of piperidine rings is 1. The minimum Gasteiger partial charge on any atom is -0.363 e. The van der Waals surface area contributed by atoms with E-state index in [4.69, 9.17) is 5.73 Å². The van der Waals surface area contributed by atoms with Crippen molar-refractivity contribution in [3.05, 3.63) is 0 Å². The molecule has 2 aliphatic carbocycles. The van der Waals surface area contributed by atoms with Crippen molar-refractivity contribution >= 4 is 39.4 Å². The number of urea groups is 1. The van der Waals surface area contributed by atoms with E-state index in [0.717, 1.165) is 19.3 Å². The Morgan fingerprint density at radius 2 is 1.60 bits per heavy atom. The van der Waals surface area contributed by atoms with Gasteiger partial charge in [-0.2, -0.15) is 13.2 Å². The molecule has 4 fully saturated rings. The van der Waals surface area contributed by atoms with Crippen molar-refractivity contribution in [3.8, 4) is 0 Å². The number of alkyl halides is 3. The number of hydrogen-bond acceptors (Lipinski definition) is 7. The predicted octanol–water partition coefficient (Wildman–Crippen LogP) is 2.35. The van der Waals surface area contributed by atoms with Crippen molar-refractivity contribution in [2.45, 2.75) is 127 Å². The van der Waals surface area contributed by atoms with Crippen LogP contribution in [0.2, 0.25) is 0 Å². The summed E-state index contributed by atoms with van der Waals surface area (Å²) < 4.78 is 64.9. The SMILES string of the molecule is CC(C)(C)[C@H](NC(=O)NC1(C2CCCS2(=O)=O)CCCCC1)C(=O)N1CC2[C@@H]([C@H]1C(=O)NC(CCC(F)(F)F)C(=O)C(N)=O)C2(C)C. The predicted molar refractivity (Wildman–Crippen MR) is 165 cm³/mol. The maximum Gasteiger partial charge on any atom is 0.389 e. The van der Waals surface area contributed by atoms with Gasteiger partial charge >= 0.3 is 12.2 Å². The van der Waals surface area contributed by atoms with Gasteiger partial charge in [-0.1, -0.05) is 53.9 Å². The number of nitrogens with two attached hydrogens (primary N) is 1. The molecule has 2 aliphatic heterocycles. The van der Waals surface area contributed by atoms with Crippen LogP contribution >= 0.6 is 0 Å². The van der Waals surface area contributed by atoms with Crippen molar-refractivity contribution in [3.63, 3.8) is 0 Å². The van der Waals surface area contributed by atoms with E-state index in [-0.39, 0.29) is 24.1 Å². The van der Waals surface area contributed by atoms with E-state index in [1.807, 2.05) is 13.8 Å². The molecule has 0 aromatic carbocycles. The van der Waals surface area contributed by atoms with Gasteiger partial charge in [-0.15, -0.1) is 0 Å². The summed E-state index contributed by atoms with van der Waals surface area (Å²) in [6.07, 6.45) is -2.66. The van der Waals surface area contributed by atoms with Crippen molar-refractivity contribution < 1.29 is 45.6 Å². The second kappa shape index (κ2) is 12.8. The van der Waals surface area contributed by atoms with Crippen LogP contribution in [0.15, 0.2) is 0 Å². The van der Waals surface area contributed by atoms with Gasteiger partial charge in [0.15, 0.2) is 9.84 Å². The highest BCUT2D eigenvalue weighted by Crippen LogP contribution is 2.65. The van der Waals surface area contributed by atoms with E-state index in [2.05, 4.69) is 16.0 Å². The lowest BCUT2D eigenvalue weighted by Gasteiger charge is -2.43. The van der Waals surface area contributed by atoms with Crippen LogP contribution in [0.3, 0.4) is 0 Å². The Labute approximate surface area is 273 Å². The van der Waals surface area contributed by atoms with Crippen molar-refractivity contribution in [2.75, 3.05) is 12.3 Å². The Morgan fingerprint density at radius 1 is 0.979 bits per heavy atom. The number of likely N-dealkylation sites (tertiary alicyclic amines) is 1. The second-order valence-corrected chi connectivity index (χ2v) is 17.7. The molecule has 0 bridgehead atoms. The molecule has 6 atom stereocenters. The first-order chi connectivity index (χ1) is 21.5. The van der Waals surface area contributed by atoms with E-state index < -0.39 is 98.1 Å². The van der Waals surface area contributed by atoms with E-state index in [1.54, 1.807) is 20.8 Å². The number of halogens is 3. The fraction of sp³-hybridized carbons (Fsp3) is 0.839. The number of amides is 5. The molecular formula is C31H48F3N5O7S. The van der Waals surface area contributed by atoms with E-state index in [0.29, 0.717) is 25.7 Å². The van der Waals surface area contributed by atoms with Crippen LogP contribution in [0.4, 0.5) is 18.0 Å². The number of primary amides is 1. The van der Waals surface area contributed by atoms with Crippen LogP contribution < -0.4 is 21.7 Å². The van der Waals surface area contributed by atoms with Crippen LogP contribution in [-0.4, -0.2) is 90.2 Å². The molecular weight excluding hydrogens is 643 g/mol. The van der Waals surface area contributed by atoms with Gasteiger partial charge in [0.1, 0.15) is 12.1 Å². The fourth-order valence-electron chi connectivity index (χ4n) is 8.15. The Morgan fingerprint density at radius 3 is 2.11 bits per heavy atom. The van der Waals surface area contributed by atoms with Gasteiger partial charge in [-0.3, -0.25) is 19.2 Å². The highest BCUT2D eigenvalue weighted by molar-refractivity contribution is 7.92. The smallest absolute Gasteiger partial charge is 0.363 e. The van der Waals surface area contributed by atoms with Gasteiger partial charge in [0, 0.05) is 13.0 Å². The summed E-state index contributed by atoms with van der Waals surface area (Å²) in [5.41, 5.74) is 2.82. The van der Waals surface area contributed by atoms with E-state index in [9.17, 15) is 45.6 Å². The first-order valence-electron chi connectivity index (χ1n) is 16.3. The molecule has 0 aromatic rings. The lowest BCUT2D eigenvalue weighted by molar-refractivity contribution is -0.147. The summed E-state index contributed by atoms with van der Waals surface area (Å²) in [6, 6.07) is -4.89. The molecule has 16 heteroatoms. The summed E-state index contributed by atoms with van der Waals surface area (Å²) in [7, 11) is -3.42. The Bertz CT molecular complexity index is 1390. The molecule has 266 valence electrons. The number of nitrogens with zero attached hydrogens (tertiary/aromatic N) is 1. The molecule has 47 heavy (non-hydrogen) atoms. The van der Waals surface area contributed by atoms with Crippen molar-refractivity contribution in [1.82, 2.24) is 20.9 Å². The zero-order valence-electron chi connectivity index (χ0n) is 27.7. The van der Waals surface area contributed by atoms with Crippen molar-refractivity contribution in [1.29, 1.82) is 0 Å². The fourth-order valence-corrected chi connectivity index (χ4v) is 10.5. The Kier molecular flexibility index (Phi) is 10.1. The van der Waals surface area contributed by atoms with Crippen LogP contribution in [0.1, 0.15) is 92.4 Å². The standard InChI is InChI=1S/C31H48F3N5O7S/c1-28(2,3)23(37-27(44)38-30(12-7-6-8-13-30)19-10-9-15-47(19,45)46)26(43)39-16-17-20(29(17,4)5)21(39)25(42)36-18(22(40)24(35)41)11-14-31(32,33)34/h17-21,23H,6-16H2,1-5H3,(H2,35,41)(H,36,42)(H2,37,38,44)/t17?,18?,19?,20-,21-,23+/m0/s1. The average molecular weight is 692 g/mol. The molecule has 3 unspecified atom stereocenters. The molecule has 2 saturated carbocycles. The third-order valence-electron chi connectivity index (χ3n) is 10.8. The van der Waals surface area contributed by atoms with Gasteiger partial charge in [0.05, 0.1) is 22.6 Å². The molecule has 5 amide bonds. The van der Waals surface area contributed by atoms with Crippen molar-refractivity contribution in [2.24, 2.45) is 28.4 Å². The highest BCUT2D eigenvalue weighted by atomic mass is 32.2. The molecule has 5 N–H and O–H groups in total. The summed E-state index contributed by atoms with van der Waals surface area (Å²) in [5.74, 6) is -4.81. The number of sulfone groups is 1. The summed E-state index contributed by atoms with van der Waals surface area (Å²) >= 11 is 0. The van der Waals surface area contributed by atoms with Gasteiger partial charge in [-0.05, 0) is 54.8 Å². The molecule has 0 spiro atoms. The van der Waals surface area contributed by atoms with E-state index in [1.165, 1.54) is 4.90 Å². The van der Waals surface area contributed by atoms with Crippen LogP contribution in [0, 0.1) is 22.7 Å². The molecule has 0 radical (unpaired) electrons. The van der Waals surface area contributed by atoms with Gasteiger partial charge in [0.25, 0.3) is 5.91 Å². The zero-order chi connectivity index (χ0) is 35.3. The second-order valence-electron chi connectivity index (χ2n) is 15.4. The number of ketones is 1. The minimum atomic E-state index is -4.66. The molecule has 4 rings (SSSR count). The van der Waals surface area contributed by atoms with Crippen LogP contribution in [-0.2, 0) is 29.0 Å². The maximum atomic E-state index is 14.3. The van der Waals surface area contributed by atoms with Crippen LogP contribution in [0.25, 0.3) is 0 Å². The normalized spacial score (nSPS) is 28.8. The topological polar surface area (TPSA) is 185 Å². The number of hydrogen-bond donors (Lipinski definition) is 4. The quantitative estimate of drug-likeness (QED) is 0.253. The van der Waals surface area contributed by atoms with Gasteiger partial charge < -0.3 is 26.6 Å². The Balaban J connectivity index is 1.57. The third kappa shape index (κ3) is 7.72. The average Bonchev–Trinajstić information content (AvgIpc) is 3.27. The van der Waals surface area contributed by atoms with Gasteiger partial charge in [0.2, 0.25) is 17.6 Å². The third-order valence-corrected chi connectivity index (χ3v) is 13.2. The molecule has 0 aromatic heterocycles. The first kappa shape index (κ1) is 36.9. The molecule has 4 aliphatic rings. The first-order valence-corrected chi connectivity index (χ1v) is 18.0. The van der Waals surface area contributed by atoms with Gasteiger partial charge in [-0.25, -0.2) is 13.2 Å². The maximum absolute atomic E-state index is 14.3. The lowest BCUT2D eigenvalue weighted by atomic mass is 9.78. The highest BCUT2D eigenvalue weighted by Gasteiger charge is 2.70. The minimum absolute atomic E-state index is 0.0605. The zero-order valence-corrected chi connectivity index (χ0v) is 28.5. The number of carbonyl (C=O) groups excluding carboxylic acids is 5. The summed E-state index contributed by atoms with van der Waals surface area (Å²) in [4.78, 5) is 66.9. The summed E-state index contributed by atoms with van der Waals surface area (Å²) in [5, 5.41) is 7.28.